The van der Waals surface area contributed by atoms with E-state index in [1.807, 2.05) is 6.20 Å². The molecular formula is C13H20ClN3. The molecule has 0 N–H and O–H groups in total. The summed E-state index contributed by atoms with van der Waals surface area (Å²) in [5.41, 5.74) is 1.08. The quantitative estimate of drug-likeness (QED) is 0.771. The first-order valence-corrected chi connectivity index (χ1v) is 6.74. The summed E-state index contributed by atoms with van der Waals surface area (Å²) in [6.45, 7) is 8.87. The standard InChI is InChI=1S/C13H20ClN3/c1-11(2)16-5-7-17(8-6-16)13-4-3-12(9-14)10-15-13/h3-4,10-11H,5-9H2,1-2H3. The number of pyridine rings is 1. The van der Waals surface area contributed by atoms with Gasteiger partial charge in [0.1, 0.15) is 5.82 Å². The Morgan fingerprint density at radius 1 is 1.24 bits per heavy atom. The second-order valence-electron chi connectivity index (χ2n) is 4.78. The lowest BCUT2D eigenvalue weighted by atomic mass is 10.2. The molecule has 0 amide bonds. The smallest absolute Gasteiger partial charge is 0.128 e. The van der Waals surface area contributed by atoms with Crippen molar-refractivity contribution in [2.24, 2.45) is 0 Å². The van der Waals surface area contributed by atoms with Crippen molar-refractivity contribution in [2.75, 3.05) is 31.1 Å². The zero-order chi connectivity index (χ0) is 12.3. The number of nitrogens with zero attached hydrogens (tertiary/aromatic N) is 3. The summed E-state index contributed by atoms with van der Waals surface area (Å²) < 4.78 is 0. The van der Waals surface area contributed by atoms with Gasteiger partial charge in [0.05, 0.1) is 0 Å². The van der Waals surface area contributed by atoms with Crippen LogP contribution >= 0.6 is 11.6 Å². The largest absolute Gasteiger partial charge is 0.354 e. The van der Waals surface area contributed by atoms with Gasteiger partial charge >= 0.3 is 0 Å². The molecule has 4 heteroatoms. The second kappa shape index (κ2) is 5.69. The normalized spacial score (nSPS) is 17.8. The molecule has 2 rings (SSSR count). The molecule has 17 heavy (non-hydrogen) atoms. The predicted molar refractivity (Wildman–Crippen MR) is 72.7 cm³/mol. The van der Waals surface area contributed by atoms with Gasteiger partial charge in [0, 0.05) is 44.3 Å². The first-order chi connectivity index (χ1) is 8.20. The maximum Gasteiger partial charge on any atom is 0.128 e. The monoisotopic (exact) mass is 253 g/mol. The third-order valence-corrected chi connectivity index (χ3v) is 3.64. The molecule has 3 nitrogen and oxygen atoms in total. The molecule has 0 radical (unpaired) electrons. The van der Waals surface area contributed by atoms with E-state index in [0.29, 0.717) is 11.9 Å². The molecular weight excluding hydrogens is 234 g/mol. The molecule has 0 saturated carbocycles. The van der Waals surface area contributed by atoms with Crippen LogP contribution in [0.1, 0.15) is 19.4 Å². The molecule has 0 spiro atoms. The topological polar surface area (TPSA) is 19.4 Å². The third kappa shape index (κ3) is 3.11. The minimum atomic E-state index is 0.536. The van der Waals surface area contributed by atoms with Gasteiger partial charge in [-0.2, -0.15) is 0 Å². The Morgan fingerprint density at radius 2 is 1.94 bits per heavy atom. The van der Waals surface area contributed by atoms with E-state index in [-0.39, 0.29) is 0 Å². The lowest BCUT2D eigenvalue weighted by Gasteiger charge is -2.37. The maximum absolute atomic E-state index is 5.76. The van der Waals surface area contributed by atoms with Crippen molar-refractivity contribution in [3.8, 4) is 0 Å². The molecule has 0 unspecified atom stereocenters. The molecule has 0 atom stereocenters. The van der Waals surface area contributed by atoms with Crippen molar-refractivity contribution in [3.63, 3.8) is 0 Å². The van der Waals surface area contributed by atoms with Crippen molar-refractivity contribution in [1.82, 2.24) is 9.88 Å². The van der Waals surface area contributed by atoms with E-state index < -0.39 is 0 Å². The minimum Gasteiger partial charge on any atom is -0.354 e. The van der Waals surface area contributed by atoms with E-state index in [1.54, 1.807) is 0 Å². The fraction of sp³-hybridized carbons (Fsp3) is 0.615. The van der Waals surface area contributed by atoms with Crippen molar-refractivity contribution in [2.45, 2.75) is 25.8 Å². The van der Waals surface area contributed by atoms with Crippen LogP contribution in [0.2, 0.25) is 0 Å². The average molecular weight is 254 g/mol. The fourth-order valence-corrected chi connectivity index (χ4v) is 2.31. The van der Waals surface area contributed by atoms with E-state index in [0.717, 1.165) is 37.6 Å². The summed E-state index contributed by atoms with van der Waals surface area (Å²) in [4.78, 5) is 9.31. The molecule has 0 aromatic carbocycles. The van der Waals surface area contributed by atoms with Gasteiger partial charge in [-0.25, -0.2) is 4.98 Å². The summed E-state index contributed by atoms with van der Waals surface area (Å²) >= 11 is 5.76. The van der Waals surface area contributed by atoms with E-state index in [2.05, 4.69) is 40.8 Å². The summed E-state index contributed by atoms with van der Waals surface area (Å²) in [5.74, 6) is 1.61. The summed E-state index contributed by atoms with van der Waals surface area (Å²) in [6.07, 6.45) is 1.87. The van der Waals surface area contributed by atoms with Crippen molar-refractivity contribution in [3.05, 3.63) is 23.9 Å². The summed E-state index contributed by atoms with van der Waals surface area (Å²) in [6, 6.07) is 4.77. The van der Waals surface area contributed by atoms with Crippen LogP contribution in [0.3, 0.4) is 0 Å². The highest BCUT2D eigenvalue weighted by atomic mass is 35.5. The molecule has 94 valence electrons. The van der Waals surface area contributed by atoms with Crippen molar-refractivity contribution < 1.29 is 0 Å². The Hall–Kier alpha value is -0.800. The van der Waals surface area contributed by atoms with Crippen LogP contribution in [0.5, 0.6) is 0 Å². The van der Waals surface area contributed by atoms with Crippen molar-refractivity contribution in [1.29, 1.82) is 0 Å². The highest BCUT2D eigenvalue weighted by Gasteiger charge is 2.19. The highest BCUT2D eigenvalue weighted by molar-refractivity contribution is 6.17. The van der Waals surface area contributed by atoms with Gasteiger partial charge in [0.2, 0.25) is 0 Å². The van der Waals surface area contributed by atoms with Gasteiger partial charge in [-0.1, -0.05) is 6.07 Å². The second-order valence-corrected chi connectivity index (χ2v) is 5.04. The number of hydrogen-bond acceptors (Lipinski definition) is 3. The first kappa shape index (κ1) is 12.7. The first-order valence-electron chi connectivity index (χ1n) is 6.20. The molecule has 1 aromatic rings. The van der Waals surface area contributed by atoms with Gasteiger partial charge in [0.15, 0.2) is 0 Å². The van der Waals surface area contributed by atoms with E-state index in [4.69, 9.17) is 11.6 Å². The molecule has 2 heterocycles. The van der Waals surface area contributed by atoms with Gasteiger partial charge in [-0.3, -0.25) is 4.90 Å². The zero-order valence-corrected chi connectivity index (χ0v) is 11.3. The lowest BCUT2D eigenvalue weighted by molar-refractivity contribution is 0.209. The van der Waals surface area contributed by atoms with Crippen LogP contribution in [0.4, 0.5) is 5.82 Å². The van der Waals surface area contributed by atoms with E-state index in [1.165, 1.54) is 0 Å². The van der Waals surface area contributed by atoms with Crippen LogP contribution in [0, 0.1) is 0 Å². The fourth-order valence-electron chi connectivity index (χ4n) is 2.15. The molecule has 1 aliphatic heterocycles. The Labute approximate surface area is 108 Å². The maximum atomic E-state index is 5.76. The van der Waals surface area contributed by atoms with Gasteiger partial charge in [-0.15, -0.1) is 11.6 Å². The molecule has 0 aliphatic carbocycles. The summed E-state index contributed by atoms with van der Waals surface area (Å²) in [5, 5.41) is 0. The van der Waals surface area contributed by atoms with Gasteiger partial charge < -0.3 is 4.90 Å². The molecule has 1 aromatic heterocycles. The van der Waals surface area contributed by atoms with Crippen molar-refractivity contribution >= 4 is 17.4 Å². The number of alkyl halides is 1. The number of halogens is 1. The van der Waals surface area contributed by atoms with Crippen LogP contribution < -0.4 is 4.90 Å². The summed E-state index contributed by atoms with van der Waals surface area (Å²) in [7, 11) is 0. The number of rotatable bonds is 3. The van der Waals surface area contributed by atoms with Gasteiger partial charge in [0.25, 0.3) is 0 Å². The van der Waals surface area contributed by atoms with Crippen LogP contribution in [0.15, 0.2) is 18.3 Å². The lowest BCUT2D eigenvalue weighted by Crippen LogP contribution is -2.49. The Morgan fingerprint density at radius 3 is 2.41 bits per heavy atom. The number of aromatic nitrogens is 1. The van der Waals surface area contributed by atoms with Crippen LogP contribution in [0.25, 0.3) is 0 Å². The number of piperazine rings is 1. The van der Waals surface area contributed by atoms with Crippen LogP contribution in [-0.2, 0) is 5.88 Å². The Bertz CT molecular complexity index is 342. The van der Waals surface area contributed by atoms with E-state index >= 15 is 0 Å². The van der Waals surface area contributed by atoms with E-state index in [9.17, 15) is 0 Å². The Kier molecular flexibility index (Phi) is 4.24. The number of anilines is 1. The zero-order valence-electron chi connectivity index (χ0n) is 10.6. The Balaban J connectivity index is 1.95. The highest BCUT2D eigenvalue weighted by Crippen LogP contribution is 2.15. The van der Waals surface area contributed by atoms with Crippen LogP contribution in [-0.4, -0.2) is 42.1 Å². The predicted octanol–water partition coefficient (Wildman–Crippen LogP) is 2.35. The third-order valence-electron chi connectivity index (χ3n) is 3.33. The molecule has 1 fully saturated rings. The molecule has 0 bridgehead atoms. The van der Waals surface area contributed by atoms with Gasteiger partial charge in [-0.05, 0) is 25.5 Å². The molecule has 1 saturated heterocycles. The number of hydrogen-bond donors (Lipinski definition) is 0. The SMILES string of the molecule is CC(C)N1CCN(c2ccc(CCl)cn2)CC1. The average Bonchev–Trinajstić information content (AvgIpc) is 2.39. The minimum absolute atomic E-state index is 0.536. The molecule has 1 aliphatic rings.